The summed E-state index contributed by atoms with van der Waals surface area (Å²) in [6.45, 7) is 1.78. The van der Waals surface area contributed by atoms with E-state index in [9.17, 15) is 9.59 Å². The van der Waals surface area contributed by atoms with E-state index in [1.54, 1.807) is 17.0 Å². The Morgan fingerprint density at radius 1 is 1.06 bits per heavy atom. The largest absolute Gasteiger partial charge is 0.459 e. The number of nitrogens with zero attached hydrogens (tertiary/aromatic N) is 4. The molecule has 0 saturated carbocycles. The molecule has 4 heterocycles. The molecular formula is C24H27N5O3. The summed E-state index contributed by atoms with van der Waals surface area (Å²) in [7, 11) is 0. The van der Waals surface area contributed by atoms with Crippen molar-refractivity contribution in [3.63, 3.8) is 0 Å². The summed E-state index contributed by atoms with van der Waals surface area (Å²) in [5.74, 6) is 1.78. The van der Waals surface area contributed by atoms with Gasteiger partial charge in [-0.05, 0) is 36.1 Å². The number of carbonyl (C=O) groups is 2. The lowest BCUT2D eigenvalue weighted by Gasteiger charge is -2.35. The first-order chi connectivity index (χ1) is 15.7. The second-order valence-corrected chi connectivity index (χ2v) is 8.43. The highest BCUT2D eigenvalue weighted by Crippen LogP contribution is 2.25. The van der Waals surface area contributed by atoms with Crippen LogP contribution in [0.25, 0.3) is 0 Å². The fraction of sp³-hybridized carbons (Fsp3) is 0.417. The van der Waals surface area contributed by atoms with Gasteiger partial charge in [-0.3, -0.25) is 9.59 Å². The summed E-state index contributed by atoms with van der Waals surface area (Å²) in [5, 5.41) is 11.7. The van der Waals surface area contributed by atoms with Crippen LogP contribution in [0, 0.1) is 0 Å². The Hall–Kier alpha value is -3.42. The molecule has 5 rings (SSSR count). The molecule has 1 N–H and O–H groups in total. The number of hydrogen-bond acceptors (Lipinski definition) is 5. The molecule has 0 saturated heterocycles. The second-order valence-electron chi connectivity index (χ2n) is 8.43. The molecule has 8 nitrogen and oxygen atoms in total. The third-order valence-electron chi connectivity index (χ3n) is 6.38. The number of carbonyl (C=O) groups excluding carboxylic acids is 2. The Labute approximate surface area is 186 Å². The summed E-state index contributed by atoms with van der Waals surface area (Å²) in [6, 6.07) is 10.7. The van der Waals surface area contributed by atoms with Gasteiger partial charge >= 0.3 is 0 Å². The zero-order chi connectivity index (χ0) is 21.9. The van der Waals surface area contributed by atoms with Crippen molar-refractivity contribution in [3.8, 4) is 0 Å². The lowest BCUT2D eigenvalue weighted by molar-refractivity contribution is -0.126. The standard InChI is InChI=1S/C24H27N5O3/c30-23(25-12-11-22-27-26-21-10-2-1-5-13-28(21)22)19-15-17-7-3-4-8-18(17)16-29(19)24(31)20-9-6-14-32-20/h3-4,6-9,14,19H,1-2,5,10-13,15-16H2,(H,25,30). The molecule has 1 unspecified atom stereocenters. The van der Waals surface area contributed by atoms with Crippen molar-refractivity contribution in [3.05, 3.63) is 71.2 Å². The Morgan fingerprint density at radius 3 is 2.78 bits per heavy atom. The van der Waals surface area contributed by atoms with E-state index in [1.165, 1.54) is 12.7 Å². The maximum absolute atomic E-state index is 13.2. The summed E-state index contributed by atoms with van der Waals surface area (Å²) in [6.07, 6.45) is 7.03. The molecule has 2 aliphatic heterocycles. The van der Waals surface area contributed by atoms with Crippen LogP contribution in [-0.4, -0.2) is 44.1 Å². The van der Waals surface area contributed by atoms with Crippen molar-refractivity contribution in [2.45, 2.75) is 57.7 Å². The molecule has 0 fully saturated rings. The molecule has 1 aromatic carbocycles. The predicted octanol–water partition coefficient (Wildman–Crippen LogP) is 2.52. The van der Waals surface area contributed by atoms with Crippen LogP contribution >= 0.6 is 0 Å². The maximum Gasteiger partial charge on any atom is 0.290 e. The first kappa shape index (κ1) is 20.5. The predicted molar refractivity (Wildman–Crippen MR) is 117 cm³/mol. The molecule has 2 aliphatic rings. The van der Waals surface area contributed by atoms with Gasteiger partial charge in [-0.1, -0.05) is 30.7 Å². The number of fused-ring (bicyclic) bond motifs is 2. The van der Waals surface area contributed by atoms with Crippen LogP contribution in [-0.2, 0) is 37.1 Å². The minimum absolute atomic E-state index is 0.157. The molecule has 8 heteroatoms. The number of rotatable bonds is 5. The van der Waals surface area contributed by atoms with Crippen molar-refractivity contribution in [2.24, 2.45) is 0 Å². The average Bonchev–Trinajstić information content (AvgIpc) is 3.43. The number of aromatic nitrogens is 3. The van der Waals surface area contributed by atoms with Crippen molar-refractivity contribution < 1.29 is 14.0 Å². The van der Waals surface area contributed by atoms with Gasteiger partial charge < -0.3 is 19.2 Å². The third-order valence-corrected chi connectivity index (χ3v) is 6.38. The van der Waals surface area contributed by atoms with Crippen molar-refractivity contribution in [2.75, 3.05) is 6.54 Å². The van der Waals surface area contributed by atoms with Crippen LogP contribution in [0.15, 0.2) is 47.1 Å². The Balaban J connectivity index is 1.29. The first-order valence-electron chi connectivity index (χ1n) is 11.3. The zero-order valence-corrected chi connectivity index (χ0v) is 18.0. The van der Waals surface area contributed by atoms with E-state index >= 15 is 0 Å². The quantitative estimate of drug-likeness (QED) is 0.667. The highest BCUT2D eigenvalue weighted by molar-refractivity contribution is 5.96. The van der Waals surface area contributed by atoms with Gasteiger partial charge in [0.05, 0.1) is 6.26 Å². The minimum atomic E-state index is -0.585. The van der Waals surface area contributed by atoms with Gasteiger partial charge in [0.25, 0.3) is 5.91 Å². The lowest BCUT2D eigenvalue weighted by atomic mass is 9.93. The lowest BCUT2D eigenvalue weighted by Crippen LogP contribution is -2.52. The van der Waals surface area contributed by atoms with Gasteiger partial charge in [-0.25, -0.2) is 0 Å². The van der Waals surface area contributed by atoms with E-state index in [2.05, 4.69) is 20.1 Å². The molecule has 166 valence electrons. The monoisotopic (exact) mass is 433 g/mol. The summed E-state index contributed by atoms with van der Waals surface area (Å²) in [5.41, 5.74) is 2.15. The van der Waals surface area contributed by atoms with Crippen LogP contribution in [0.1, 0.15) is 52.6 Å². The van der Waals surface area contributed by atoms with Gasteiger partial charge in [-0.15, -0.1) is 10.2 Å². The Bertz CT molecular complexity index is 1100. The Kier molecular flexibility index (Phi) is 5.75. The zero-order valence-electron chi connectivity index (χ0n) is 18.0. The van der Waals surface area contributed by atoms with E-state index in [1.807, 2.05) is 24.3 Å². The van der Waals surface area contributed by atoms with Crippen LogP contribution in [0.2, 0.25) is 0 Å². The normalized spacial score (nSPS) is 17.9. The van der Waals surface area contributed by atoms with Gasteiger partial charge in [0.15, 0.2) is 5.76 Å². The van der Waals surface area contributed by atoms with Gasteiger partial charge in [-0.2, -0.15) is 0 Å². The molecule has 0 aliphatic carbocycles. The van der Waals surface area contributed by atoms with E-state index < -0.39 is 6.04 Å². The summed E-state index contributed by atoms with van der Waals surface area (Å²) >= 11 is 0. The first-order valence-corrected chi connectivity index (χ1v) is 11.3. The van der Waals surface area contributed by atoms with Gasteiger partial charge in [0.1, 0.15) is 17.7 Å². The van der Waals surface area contributed by atoms with E-state index in [0.717, 1.165) is 48.6 Å². The van der Waals surface area contributed by atoms with Gasteiger partial charge in [0.2, 0.25) is 5.91 Å². The number of hydrogen-bond donors (Lipinski definition) is 1. The van der Waals surface area contributed by atoms with Crippen molar-refractivity contribution in [1.29, 1.82) is 0 Å². The smallest absolute Gasteiger partial charge is 0.290 e. The minimum Gasteiger partial charge on any atom is -0.459 e. The third kappa shape index (κ3) is 4.04. The SMILES string of the molecule is O=C(NCCc1nnc2n1CCCCC2)C1Cc2ccccc2CN1C(=O)c1ccco1. The van der Waals surface area contributed by atoms with Crippen LogP contribution in [0.5, 0.6) is 0 Å². The molecule has 0 radical (unpaired) electrons. The van der Waals surface area contributed by atoms with E-state index in [0.29, 0.717) is 25.9 Å². The fourth-order valence-corrected chi connectivity index (χ4v) is 4.66. The number of benzene rings is 1. The number of amides is 2. The van der Waals surface area contributed by atoms with E-state index in [4.69, 9.17) is 4.42 Å². The summed E-state index contributed by atoms with van der Waals surface area (Å²) < 4.78 is 7.51. The topological polar surface area (TPSA) is 93.3 Å². The second kappa shape index (κ2) is 8.98. The molecule has 3 aromatic rings. The highest BCUT2D eigenvalue weighted by atomic mass is 16.3. The molecule has 2 amide bonds. The Morgan fingerprint density at radius 2 is 1.94 bits per heavy atom. The van der Waals surface area contributed by atoms with Crippen molar-refractivity contribution >= 4 is 11.8 Å². The average molecular weight is 434 g/mol. The number of aryl methyl sites for hydroxylation is 1. The van der Waals surface area contributed by atoms with Crippen LogP contribution < -0.4 is 5.32 Å². The molecular weight excluding hydrogens is 406 g/mol. The van der Waals surface area contributed by atoms with Gasteiger partial charge in [0, 0.05) is 38.9 Å². The maximum atomic E-state index is 13.2. The number of nitrogens with one attached hydrogen (secondary N) is 1. The van der Waals surface area contributed by atoms with Crippen molar-refractivity contribution in [1.82, 2.24) is 25.0 Å². The number of furan rings is 1. The molecule has 0 spiro atoms. The molecule has 32 heavy (non-hydrogen) atoms. The summed E-state index contributed by atoms with van der Waals surface area (Å²) in [4.78, 5) is 27.9. The molecule has 1 atom stereocenters. The van der Waals surface area contributed by atoms with E-state index in [-0.39, 0.29) is 17.6 Å². The molecule has 0 bridgehead atoms. The highest BCUT2D eigenvalue weighted by Gasteiger charge is 2.35. The van der Waals surface area contributed by atoms with Crippen LogP contribution in [0.4, 0.5) is 0 Å². The van der Waals surface area contributed by atoms with Crippen LogP contribution in [0.3, 0.4) is 0 Å². The fourth-order valence-electron chi connectivity index (χ4n) is 4.66. The molecule has 2 aromatic heterocycles.